The van der Waals surface area contributed by atoms with E-state index in [2.05, 4.69) is 0 Å². The maximum atomic E-state index is 13.9. The minimum Gasteiger partial charge on any atom is -1.00 e. The zero-order valence-electron chi connectivity index (χ0n) is 14.4. The van der Waals surface area contributed by atoms with Gasteiger partial charge in [-0.25, -0.2) is 13.4 Å². The van der Waals surface area contributed by atoms with Crippen LogP contribution in [-0.4, -0.2) is 31.1 Å². The highest BCUT2D eigenvalue weighted by Crippen LogP contribution is 2.32. The Morgan fingerprint density at radius 1 is 1.04 bits per heavy atom. The Kier molecular flexibility index (Phi) is 6.01. The van der Waals surface area contributed by atoms with Crippen molar-refractivity contribution in [1.29, 1.82) is 0 Å². The highest BCUT2D eigenvalue weighted by molar-refractivity contribution is 5.97. The highest BCUT2D eigenvalue weighted by Gasteiger charge is 2.26. The first-order valence-electron chi connectivity index (χ1n) is 7.81. The first kappa shape index (κ1) is 19.2. The summed E-state index contributed by atoms with van der Waals surface area (Å²) in [5, 5.41) is 0. The molecular formula is C19H20ClF2NO2. The van der Waals surface area contributed by atoms with Crippen LogP contribution in [0, 0.1) is 11.6 Å². The third kappa shape index (κ3) is 3.61. The summed E-state index contributed by atoms with van der Waals surface area (Å²) in [5.74, 6) is 0.314. The normalized spacial score (nSPS) is 13.2. The van der Waals surface area contributed by atoms with Gasteiger partial charge in [0.05, 0.1) is 19.8 Å². The molecule has 0 saturated carbocycles. The molecule has 0 atom stereocenters. The Bertz CT molecular complexity index is 801. The van der Waals surface area contributed by atoms with E-state index in [1.807, 2.05) is 23.6 Å². The van der Waals surface area contributed by atoms with Gasteiger partial charge in [0.1, 0.15) is 18.2 Å². The largest absolute Gasteiger partial charge is 1.00 e. The summed E-state index contributed by atoms with van der Waals surface area (Å²) in [6, 6.07) is 7.86. The van der Waals surface area contributed by atoms with Gasteiger partial charge in [-0.2, -0.15) is 0 Å². The van der Waals surface area contributed by atoms with Crippen molar-refractivity contribution in [3.05, 3.63) is 58.7 Å². The zero-order chi connectivity index (χ0) is 17.3. The molecule has 0 aliphatic carbocycles. The van der Waals surface area contributed by atoms with Crippen molar-refractivity contribution in [2.75, 3.05) is 20.8 Å². The molecule has 0 N–H and O–H groups in total. The Morgan fingerprint density at radius 3 is 2.24 bits per heavy atom. The van der Waals surface area contributed by atoms with Gasteiger partial charge in [0.25, 0.3) is 0 Å². The van der Waals surface area contributed by atoms with Gasteiger partial charge >= 0.3 is 0 Å². The van der Waals surface area contributed by atoms with E-state index >= 15 is 0 Å². The van der Waals surface area contributed by atoms with Gasteiger partial charge in [-0.05, 0) is 29.8 Å². The Morgan fingerprint density at radius 2 is 1.64 bits per heavy atom. The van der Waals surface area contributed by atoms with Crippen molar-refractivity contribution in [2.24, 2.45) is 0 Å². The van der Waals surface area contributed by atoms with Gasteiger partial charge in [0, 0.05) is 18.9 Å². The van der Waals surface area contributed by atoms with Gasteiger partial charge in [-0.15, -0.1) is 0 Å². The third-order valence-electron chi connectivity index (χ3n) is 4.54. The van der Waals surface area contributed by atoms with Crippen LogP contribution >= 0.6 is 0 Å². The van der Waals surface area contributed by atoms with Crippen molar-refractivity contribution in [1.82, 2.24) is 0 Å². The summed E-state index contributed by atoms with van der Waals surface area (Å²) in [5.41, 5.74) is 3.24. The van der Waals surface area contributed by atoms with Crippen LogP contribution in [0.3, 0.4) is 0 Å². The van der Waals surface area contributed by atoms with Crippen LogP contribution in [0.2, 0.25) is 0 Å². The topological polar surface area (TPSA) is 21.5 Å². The molecule has 134 valence electrons. The van der Waals surface area contributed by atoms with Crippen molar-refractivity contribution in [2.45, 2.75) is 19.9 Å². The lowest BCUT2D eigenvalue weighted by atomic mass is 9.96. The summed E-state index contributed by atoms with van der Waals surface area (Å²) in [7, 11) is 3.20. The first-order valence-corrected chi connectivity index (χ1v) is 7.81. The first-order chi connectivity index (χ1) is 11.5. The van der Waals surface area contributed by atoms with Crippen LogP contribution < -0.4 is 21.9 Å². The van der Waals surface area contributed by atoms with E-state index in [1.165, 1.54) is 18.2 Å². The summed E-state index contributed by atoms with van der Waals surface area (Å²) >= 11 is 0. The summed E-state index contributed by atoms with van der Waals surface area (Å²) in [6.07, 6.45) is 0.781. The lowest BCUT2D eigenvalue weighted by Crippen LogP contribution is -3.00. The lowest BCUT2D eigenvalue weighted by Gasteiger charge is -2.19. The monoisotopic (exact) mass is 367 g/mol. The van der Waals surface area contributed by atoms with Crippen LogP contribution in [0.25, 0.3) is 0 Å². The average molecular weight is 368 g/mol. The molecule has 0 bridgehead atoms. The van der Waals surface area contributed by atoms with E-state index in [1.54, 1.807) is 14.2 Å². The van der Waals surface area contributed by atoms with Gasteiger partial charge in [0.2, 0.25) is 0 Å². The van der Waals surface area contributed by atoms with Crippen molar-refractivity contribution in [3.8, 4) is 11.5 Å². The standard InChI is InChI=1S/C19H20F2NO2.ClH/c1-12-14-10-19(24-3)18(23-2)9-13(14)7-8-22(12)11-15-16(20)5-4-6-17(15)21;/h4-6,9-10H,7-8,11H2,1-3H3;1H/q+1;/p-1. The van der Waals surface area contributed by atoms with E-state index in [0.717, 1.165) is 23.3 Å². The molecule has 25 heavy (non-hydrogen) atoms. The van der Waals surface area contributed by atoms with Gasteiger partial charge < -0.3 is 21.9 Å². The van der Waals surface area contributed by atoms with Crippen LogP contribution in [0.4, 0.5) is 8.78 Å². The number of methoxy groups -OCH3 is 2. The number of rotatable bonds is 4. The molecule has 0 fully saturated rings. The number of nitrogens with zero attached hydrogens (tertiary/aromatic N) is 1. The molecule has 2 aromatic carbocycles. The van der Waals surface area contributed by atoms with Crippen LogP contribution in [0.5, 0.6) is 11.5 Å². The summed E-state index contributed by atoms with van der Waals surface area (Å²) in [6.45, 7) is 2.86. The number of hydrogen-bond acceptors (Lipinski definition) is 2. The number of halogens is 3. The molecule has 3 nitrogen and oxygen atoms in total. The van der Waals surface area contributed by atoms with Crippen molar-refractivity contribution in [3.63, 3.8) is 0 Å². The molecule has 6 heteroatoms. The minimum absolute atomic E-state index is 0. The quantitative estimate of drug-likeness (QED) is 0.737. The molecule has 0 radical (unpaired) electrons. The molecule has 0 spiro atoms. The van der Waals surface area contributed by atoms with E-state index in [-0.39, 0.29) is 24.5 Å². The Balaban J connectivity index is 0.00000225. The number of hydrogen-bond donors (Lipinski definition) is 0. The fourth-order valence-corrected chi connectivity index (χ4v) is 3.13. The second-order valence-electron chi connectivity index (χ2n) is 5.82. The van der Waals surface area contributed by atoms with E-state index < -0.39 is 11.6 Å². The van der Waals surface area contributed by atoms with Crippen LogP contribution in [-0.2, 0) is 13.0 Å². The van der Waals surface area contributed by atoms with Crippen LogP contribution in [0.15, 0.2) is 30.3 Å². The Hall–Kier alpha value is -2.14. The molecule has 3 rings (SSSR count). The van der Waals surface area contributed by atoms with E-state index in [0.29, 0.717) is 18.0 Å². The number of ether oxygens (including phenoxy) is 2. The highest BCUT2D eigenvalue weighted by atomic mass is 35.5. The Labute approximate surface area is 152 Å². The second kappa shape index (κ2) is 7.83. The minimum atomic E-state index is -0.513. The zero-order valence-corrected chi connectivity index (χ0v) is 15.2. The van der Waals surface area contributed by atoms with Gasteiger partial charge in [0.15, 0.2) is 23.8 Å². The third-order valence-corrected chi connectivity index (χ3v) is 4.54. The van der Waals surface area contributed by atoms with Crippen molar-refractivity contribution < 1.29 is 35.2 Å². The molecule has 0 unspecified atom stereocenters. The molecule has 1 aliphatic heterocycles. The lowest BCUT2D eigenvalue weighted by molar-refractivity contribution is -0.545. The molecule has 0 aromatic heterocycles. The summed E-state index contributed by atoms with van der Waals surface area (Å²) < 4.78 is 40.6. The predicted octanol–water partition coefficient (Wildman–Crippen LogP) is 0.564. The molecule has 1 heterocycles. The van der Waals surface area contributed by atoms with Crippen LogP contribution in [0.1, 0.15) is 23.6 Å². The molecule has 0 saturated heterocycles. The molecule has 0 amide bonds. The fourth-order valence-electron chi connectivity index (χ4n) is 3.13. The van der Waals surface area contributed by atoms with E-state index in [4.69, 9.17) is 9.47 Å². The van der Waals surface area contributed by atoms with E-state index in [9.17, 15) is 8.78 Å². The number of benzene rings is 2. The molecule has 1 aliphatic rings. The maximum Gasteiger partial charge on any atom is 0.180 e. The molecule has 2 aromatic rings. The number of fused-ring (bicyclic) bond motifs is 1. The van der Waals surface area contributed by atoms with Gasteiger partial charge in [-0.3, -0.25) is 0 Å². The SMILES string of the molecule is COc1cc2c(cc1OC)C(C)=[N+](Cc1c(F)cccc1F)CC2.[Cl-]. The average Bonchev–Trinajstić information content (AvgIpc) is 2.59. The molecular weight excluding hydrogens is 348 g/mol. The second-order valence-corrected chi connectivity index (χ2v) is 5.82. The van der Waals surface area contributed by atoms with Crippen molar-refractivity contribution >= 4 is 5.71 Å². The smallest absolute Gasteiger partial charge is 0.180 e. The summed E-state index contributed by atoms with van der Waals surface area (Å²) in [4.78, 5) is 0. The maximum absolute atomic E-state index is 13.9. The predicted molar refractivity (Wildman–Crippen MR) is 88.2 cm³/mol. The fraction of sp³-hybridized carbons (Fsp3) is 0.316. The van der Waals surface area contributed by atoms with Gasteiger partial charge in [-0.1, -0.05) is 6.07 Å².